The van der Waals surface area contributed by atoms with E-state index < -0.39 is 0 Å². The number of hydrogen-bond donors (Lipinski definition) is 0. The molecular weight excluding hydrogens is 222 g/mol. The SMILES string of the molecule is CC[n+]1ccc(C=Cc2ccc(C=O)cc2)cc1. The summed E-state index contributed by atoms with van der Waals surface area (Å²) in [7, 11) is 0. The fraction of sp³-hybridized carbons (Fsp3) is 0.125. The first-order chi connectivity index (χ1) is 8.81. The second kappa shape index (κ2) is 5.92. The van der Waals surface area contributed by atoms with Gasteiger partial charge < -0.3 is 0 Å². The highest BCUT2D eigenvalue weighted by molar-refractivity contribution is 5.76. The van der Waals surface area contributed by atoms with Crippen LogP contribution in [0.25, 0.3) is 12.2 Å². The molecule has 2 aromatic rings. The number of carbonyl (C=O) groups excluding carboxylic acids is 1. The minimum Gasteiger partial charge on any atom is -0.298 e. The number of aryl methyl sites for hydroxylation is 1. The first-order valence-corrected chi connectivity index (χ1v) is 6.04. The fourth-order valence-electron chi connectivity index (χ4n) is 1.67. The van der Waals surface area contributed by atoms with Crippen LogP contribution in [0.4, 0.5) is 0 Å². The first kappa shape index (κ1) is 12.2. The average molecular weight is 238 g/mol. The maximum absolute atomic E-state index is 10.5. The molecule has 0 aliphatic rings. The zero-order valence-corrected chi connectivity index (χ0v) is 10.4. The lowest BCUT2D eigenvalue weighted by Gasteiger charge is -1.95. The van der Waals surface area contributed by atoms with Crippen molar-refractivity contribution in [2.45, 2.75) is 13.5 Å². The third kappa shape index (κ3) is 3.14. The van der Waals surface area contributed by atoms with E-state index in [1.807, 2.05) is 30.3 Å². The van der Waals surface area contributed by atoms with Crippen molar-refractivity contribution in [3.63, 3.8) is 0 Å². The van der Waals surface area contributed by atoms with E-state index >= 15 is 0 Å². The summed E-state index contributed by atoms with van der Waals surface area (Å²) in [6, 6.07) is 11.7. The van der Waals surface area contributed by atoms with Gasteiger partial charge in [0.15, 0.2) is 12.4 Å². The lowest BCUT2D eigenvalue weighted by molar-refractivity contribution is -0.693. The number of rotatable bonds is 4. The Balaban J connectivity index is 2.10. The molecule has 0 bridgehead atoms. The zero-order valence-electron chi connectivity index (χ0n) is 10.4. The van der Waals surface area contributed by atoms with Gasteiger partial charge in [0.2, 0.25) is 0 Å². The van der Waals surface area contributed by atoms with Crippen LogP contribution in [0.15, 0.2) is 48.8 Å². The molecule has 0 saturated carbocycles. The van der Waals surface area contributed by atoms with Crippen LogP contribution in [0.5, 0.6) is 0 Å². The summed E-state index contributed by atoms with van der Waals surface area (Å²) >= 11 is 0. The number of nitrogens with zero attached hydrogens (tertiary/aromatic N) is 1. The van der Waals surface area contributed by atoms with Crippen LogP contribution in [0.1, 0.15) is 28.4 Å². The standard InChI is InChI=1S/C16H16NO/c1-2-17-11-9-15(10-12-17)4-3-14-5-7-16(13-18)8-6-14/h3-13H,2H2,1H3/q+1. The van der Waals surface area contributed by atoms with E-state index in [1.54, 1.807) is 0 Å². The van der Waals surface area contributed by atoms with Gasteiger partial charge in [-0.15, -0.1) is 0 Å². The lowest BCUT2D eigenvalue weighted by Crippen LogP contribution is -2.30. The number of carbonyl (C=O) groups is 1. The molecule has 1 aromatic carbocycles. The molecule has 2 nitrogen and oxygen atoms in total. The number of aromatic nitrogens is 1. The largest absolute Gasteiger partial charge is 0.298 e. The molecule has 2 rings (SSSR count). The molecule has 1 aromatic heterocycles. The van der Waals surface area contributed by atoms with Crippen molar-refractivity contribution in [2.75, 3.05) is 0 Å². The predicted octanol–water partition coefficient (Wildman–Crippen LogP) is 2.98. The highest BCUT2D eigenvalue weighted by Gasteiger charge is 1.95. The Morgan fingerprint density at radius 1 is 0.889 bits per heavy atom. The fourth-order valence-corrected chi connectivity index (χ4v) is 1.67. The average Bonchev–Trinajstić information content (AvgIpc) is 2.46. The van der Waals surface area contributed by atoms with Crippen LogP contribution >= 0.6 is 0 Å². The second-order valence-corrected chi connectivity index (χ2v) is 4.08. The van der Waals surface area contributed by atoms with Crippen LogP contribution in [-0.4, -0.2) is 6.29 Å². The smallest absolute Gasteiger partial charge is 0.169 e. The molecule has 0 radical (unpaired) electrons. The van der Waals surface area contributed by atoms with Crippen LogP contribution in [0.2, 0.25) is 0 Å². The van der Waals surface area contributed by atoms with Crippen LogP contribution < -0.4 is 4.57 Å². The van der Waals surface area contributed by atoms with E-state index in [4.69, 9.17) is 0 Å². The normalized spacial score (nSPS) is 10.7. The molecule has 0 atom stereocenters. The molecule has 90 valence electrons. The van der Waals surface area contributed by atoms with Gasteiger partial charge in [-0.2, -0.15) is 0 Å². The monoisotopic (exact) mass is 238 g/mol. The minimum atomic E-state index is 0.704. The van der Waals surface area contributed by atoms with Crippen molar-refractivity contribution in [3.8, 4) is 0 Å². The molecular formula is C16H16NO+. The number of benzene rings is 1. The minimum absolute atomic E-state index is 0.704. The number of pyridine rings is 1. The highest BCUT2D eigenvalue weighted by Crippen LogP contribution is 2.08. The van der Waals surface area contributed by atoms with Crippen LogP contribution in [0.3, 0.4) is 0 Å². The summed E-state index contributed by atoms with van der Waals surface area (Å²) in [5, 5.41) is 0. The van der Waals surface area contributed by atoms with Crippen molar-refractivity contribution >= 4 is 18.4 Å². The zero-order chi connectivity index (χ0) is 12.8. The van der Waals surface area contributed by atoms with E-state index in [-0.39, 0.29) is 0 Å². The topological polar surface area (TPSA) is 20.9 Å². The van der Waals surface area contributed by atoms with E-state index in [9.17, 15) is 4.79 Å². The van der Waals surface area contributed by atoms with Gasteiger partial charge in [0.25, 0.3) is 0 Å². The van der Waals surface area contributed by atoms with E-state index in [0.29, 0.717) is 5.56 Å². The van der Waals surface area contributed by atoms with Crippen molar-refractivity contribution in [1.29, 1.82) is 0 Å². The molecule has 0 spiro atoms. The van der Waals surface area contributed by atoms with Gasteiger partial charge >= 0.3 is 0 Å². The summed E-state index contributed by atoms with van der Waals surface area (Å²) < 4.78 is 2.12. The number of aldehydes is 1. The molecule has 2 heteroatoms. The Bertz CT molecular complexity index is 538. The molecule has 0 amide bonds. The summed E-state index contributed by atoms with van der Waals surface area (Å²) in [6.07, 6.45) is 9.09. The second-order valence-electron chi connectivity index (χ2n) is 4.08. The Morgan fingerprint density at radius 3 is 1.89 bits per heavy atom. The van der Waals surface area contributed by atoms with Gasteiger partial charge in [0, 0.05) is 17.7 Å². The molecule has 0 aliphatic carbocycles. The van der Waals surface area contributed by atoms with Gasteiger partial charge in [-0.25, -0.2) is 4.57 Å². The third-order valence-corrected chi connectivity index (χ3v) is 2.82. The lowest BCUT2D eigenvalue weighted by atomic mass is 10.1. The number of hydrogen-bond acceptors (Lipinski definition) is 1. The van der Waals surface area contributed by atoms with Gasteiger partial charge in [-0.05, 0) is 18.1 Å². The summed E-state index contributed by atoms with van der Waals surface area (Å²) in [5.74, 6) is 0. The molecule has 1 heterocycles. The Kier molecular flexibility index (Phi) is 4.02. The van der Waals surface area contributed by atoms with Crippen molar-refractivity contribution in [1.82, 2.24) is 0 Å². The maximum Gasteiger partial charge on any atom is 0.169 e. The summed E-state index contributed by atoms with van der Waals surface area (Å²) in [4.78, 5) is 10.5. The third-order valence-electron chi connectivity index (χ3n) is 2.82. The van der Waals surface area contributed by atoms with E-state index in [2.05, 4.69) is 42.1 Å². The van der Waals surface area contributed by atoms with Crippen molar-refractivity contribution in [2.24, 2.45) is 0 Å². The predicted molar refractivity (Wildman–Crippen MR) is 73.1 cm³/mol. The molecule has 0 unspecified atom stereocenters. The van der Waals surface area contributed by atoms with Crippen molar-refractivity contribution in [3.05, 3.63) is 65.5 Å². The Morgan fingerprint density at radius 2 is 1.39 bits per heavy atom. The Hall–Kier alpha value is -2.22. The molecule has 0 N–H and O–H groups in total. The first-order valence-electron chi connectivity index (χ1n) is 6.04. The van der Waals surface area contributed by atoms with Crippen molar-refractivity contribution < 1.29 is 9.36 Å². The van der Waals surface area contributed by atoms with E-state index in [1.165, 1.54) is 5.56 Å². The summed E-state index contributed by atoms with van der Waals surface area (Å²) in [5.41, 5.74) is 2.96. The molecule has 0 saturated heterocycles. The van der Waals surface area contributed by atoms with E-state index in [0.717, 1.165) is 18.4 Å². The molecule has 0 fully saturated rings. The van der Waals surface area contributed by atoms with Crippen LogP contribution in [0, 0.1) is 0 Å². The van der Waals surface area contributed by atoms with Gasteiger partial charge in [-0.1, -0.05) is 36.4 Å². The molecule has 0 aliphatic heterocycles. The van der Waals surface area contributed by atoms with Gasteiger partial charge in [0.05, 0.1) is 0 Å². The highest BCUT2D eigenvalue weighted by atomic mass is 16.1. The van der Waals surface area contributed by atoms with Gasteiger partial charge in [0.1, 0.15) is 12.8 Å². The maximum atomic E-state index is 10.5. The Labute approximate surface area is 107 Å². The van der Waals surface area contributed by atoms with Gasteiger partial charge in [-0.3, -0.25) is 4.79 Å². The van der Waals surface area contributed by atoms with Crippen LogP contribution in [-0.2, 0) is 6.54 Å². The summed E-state index contributed by atoms with van der Waals surface area (Å²) in [6.45, 7) is 3.10. The molecule has 18 heavy (non-hydrogen) atoms. The quantitative estimate of drug-likeness (QED) is 0.592.